The molecule has 2 aromatic rings. The molecular weight excluding hydrogens is 274 g/mol. The van der Waals surface area contributed by atoms with Crippen molar-refractivity contribution < 1.29 is 9.59 Å². The molecule has 2 amide bonds. The molecule has 1 unspecified atom stereocenters. The zero-order valence-electron chi connectivity index (χ0n) is 10.6. The Morgan fingerprint density at radius 1 is 1.35 bits per heavy atom. The van der Waals surface area contributed by atoms with Crippen molar-refractivity contribution in [2.75, 3.05) is 16.8 Å². The molecule has 20 heavy (non-hydrogen) atoms. The van der Waals surface area contributed by atoms with Crippen LogP contribution in [0.2, 0.25) is 0 Å². The Bertz CT molecular complexity index is 669. The molecule has 1 aromatic heterocycles. The van der Waals surface area contributed by atoms with E-state index in [-0.39, 0.29) is 11.8 Å². The second kappa shape index (κ2) is 5.50. The van der Waals surface area contributed by atoms with Gasteiger partial charge in [-0.2, -0.15) is 0 Å². The van der Waals surface area contributed by atoms with Crippen LogP contribution in [0.1, 0.15) is 0 Å². The van der Waals surface area contributed by atoms with Crippen LogP contribution in [-0.4, -0.2) is 34.3 Å². The number of aromatic nitrogens is 1. The van der Waals surface area contributed by atoms with Crippen molar-refractivity contribution in [3.63, 3.8) is 0 Å². The van der Waals surface area contributed by atoms with E-state index in [9.17, 15) is 9.59 Å². The number of carbonyl (C=O) groups is 2. The number of amides is 2. The predicted molar refractivity (Wildman–Crippen MR) is 79.6 cm³/mol. The fourth-order valence-corrected chi connectivity index (χ4v) is 2.97. The number of pyridine rings is 1. The summed E-state index contributed by atoms with van der Waals surface area (Å²) in [6.45, 7) is 0. The van der Waals surface area contributed by atoms with E-state index in [0.29, 0.717) is 17.2 Å². The second-order valence-electron chi connectivity index (χ2n) is 4.51. The fourth-order valence-electron chi connectivity index (χ4n) is 2.11. The number of hydrogen-bond acceptors (Lipinski definition) is 4. The smallest absolute Gasteiger partial charge is 0.247 e. The minimum atomic E-state index is -0.486. The quantitative estimate of drug-likeness (QED) is 0.876. The normalized spacial score (nSPS) is 18.6. The van der Waals surface area contributed by atoms with Crippen LogP contribution >= 0.6 is 11.8 Å². The van der Waals surface area contributed by atoms with Crippen LogP contribution in [0.5, 0.6) is 0 Å². The lowest BCUT2D eigenvalue weighted by Gasteiger charge is -2.22. The van der Waals surface area contributed by atoms with Crippen molar-refractivity contribution in [2.24, 2.45) is 0 Å². The molecule has 0 saturated carbocycles. The molecule has 0 bridgehead atoms. The first kappa shape index (κ1) is 12.9. The molecule has 1 aliphatic rings. The first-order chi connectivity index (χ1) is 9.74. The summed E-state index contributed by atoms with van der Waals surface area (Å²) in [4.78, 5) is 27.8. The van der Waals surface area contributed by atoms with Gasteiger partial charge in [-0.05, 0) is 12.1 Å². The van der Waals surface area contributed by atoms with E-state index in [4.69, 9.17) is 0 Å². The number of rotatable bonds is 2. The van der Waals surface area contributed by atoms with Crippen LogP contribution in [0.25, 0.3) is 10.9 Å². The minimum Gasteiger partial charge on any atom is -0.343 e. The lowest BCUT2D eigenvalue weighted by atomic mass is 10.2. The highest BCUT2D eigenvalue weighted by Gasteiger charge is 2.25. The van der Waals surface area contributed by atoms with Gasteiger partial charge in [-0.25, -0.2) is 0 Å². The summed E-state index contributed by atoms with van der Waals surface area (Å²) in [5.41, 5.74) is 1.41. The molecule has 3 rings (SSSR count). The Hall–Kier alpha value is -2.08. The molecule has 0 spiro atoms. The highest BCUT2D eigenvalue weighted by molar-refractivity contribution is 8.00. The number of anilines is 1. The number of thioether (sulfide) groups is 1. The van der Waals surface area contributed by atoms with Crippen molar-refractivity contribution in [3.05, 3.63) is 36.5 Å². The first-order valence-corrected chi connectivity index (χ1v) is 7.41. The van der Waals surface area contributed by atoms with Crippen molar-refractivity contribution in [1.82, 2.24) is 10.3 Å². The SMILES string of the molecule is O=C1CSCC(C(=O)Nc2cccc3cccnc23)N1. The maximum Gasteiger partial charge on any atom is 0.247 e. The summed E-state index contributed by atoms with van der Waals surface area (Å²) < 4.78 is 0. The largest absolute Gasteiger partial charge is 0.343 e. The van der Waals surface area contributed by atoms with Crippen molar-refractivity contribution in [3.8, 4) is 0 Å². The molecule has 102 valence electrons. The summed E-state index contributed by atoms with van der Waals surface area (Å²) in [5, 5.41) is 6.50. The Morgan fingerprint density at radius 3 is 3.05 bits per heavy atom. The monoisotopic (exact) mass is 287 g/mol. The van der Waals surface area contributed by atoms with Gasteiger partial charge in [0.25, 0.3) is 0 Å². The van der Waals surface area contributed by atoms with Gasteiger partial charge in [0.2, 0.25) is 11.8 Å². The third-order valence-corrected chi connectivity index (χ3v) is 4.10. The molecular formula is C14H13N3O2S. The van der Waals surface area contributed by atoms with Crippen LogP contribution in [0.3, 0.4) is 0 Å². The van der Waals surface area contributed by atoms with E-state index < -0.39 is 6.04 Å². The maximum absolute atomic E-state index is 12.2. The molecule has 1 saturated heterocycles. The van der Waals surface area contributed by atoms with Gasteiger partial charge in [0.15, 0.2) is 0 Å². The lowest BCUT2D eigenvalue weighted by molar-refractivity contribution is -0.124. The van der Waals surface area contributed by atoms with Gasteiger partial charge in [0, 0.05) is 17.3 Å². The third kappa shape index (κ3) is 2.60. The Morgan fingerprint density at radius 2 is 2.20 bits per heavy atom. The minimum absolute atomic E-state index is 0.0996. The van der Waals surface area contributed by atoms with Gasteiger partial charge in [0.1, 0.15) is 6.04 Å². The molecule has 1 atom stereocenters. The van der Waals surface area contributed by atoms with E-state index in [1.54, 1.807) is 6.20 Å². The fraction of sp³-hybridized carbons (Fsp3) is 0.214. The van der Waals surface area contributed by atoms with E-state index in [2.05, 4.69) is 15.6 Å². The van der Waals surface area contributed by atoms with E-state index in [1.807, 2.05) is 30.3 Å². The molecule has 0 radical (unpaired) electrons. The number of para-hydroxylation sites is 1. The van der Waals surface area contributed by atoms with Gasteiger partial charge >= 0.3 is 0 Å². The van der Waals surface area contributed by atoms with Crippen LogP contribution < -0.4 is 10.6 Å². The van der Waals surface area contributed by atoms with Gasteiger partial charge in [-0.3, -0.25) is 14.6 Å². The summed E-state index contributed by atoms with van der Waals surface area (Å²) in [7, 11) is 0. The number of benzene rings is 1. The van der Waals surface area contributed by atoms with Crippen molar-refractivity contribution >= 4 is 40.2 Å². The summed E-state index contributed by atoms with van der Waals surface area (Å²) in [5.74, 6) is 0.705. The molecule has 1 aliphatic heterocycles. The highest BCUT2D eigenvalue weighted by atomic mass is 32.2. The molecule has 5 nitrogen and oxygen atoms in total. The number of fused-ring (bicyclic) bond motifs is 1. The number of carbonyl (C=O) groups excluding carboxylic acids is 2. The van der Waals surface area contributed by atoms with E-state index in [1.165, 1.54) is 11.8 Å². The molecule has 2 N–H and O–H groups in total. The second-order valence-corrected chi connectivity index (χ2v) is 5.54. The van der Waals surface area contributed by atoms with Gasteiger partial charge < -0.3 is 10.6 Å². The topological polar surface area (TPSA) is 71.1 Å². The summed E-state index contributed by atoms with van der Waals surface area (Å²) in [6.07, 6.45) is 1.69. The average molecular weight is 287 g/mol. The molecule has 2 heterocycles. The highest BCUT2D eigenvalue weighted by Crippen LogP contribution is 2.21. The standard InChI is InChI=1S/C14H13N3O2S/c18-12-8-20-7-11(16-12)14(19)17-10-5-1-3-9-4-2-6-15-13(9)10/h1-6,11H,7-8H2,(H,16,18)(H,17,19). The molecule has 6 heteroatoms. The van der Waals surface area contributed by atoms with Crippen LogP contribution in [0, 0.1) is 0 Å². The number of nitrogens with zero attached hydrogens (tertiary/aromatic N) is 1. The lowest BCUT2D eigenvalue weighted by Crippen LogP contribution is -2.49. The Balaban J connectivity index is 1.82. The number of hydrogen-bond donors (Lipinski definition) is 2. The van der Waals surface area contributed by atoms with E-state index >= 15 is 0 Å². The molecule has 0 aliphatic carbocycles. The predicted octanol–water partition coefficient (Wildman–Crippen LogP) is 1.40. The molecule has 1 fully saturated rings. The first-order valence-electron chi connectivity index (χ1n) is 6.26. The van der Waals surface area contributed by atoms with Crippen molar-refractivity contribution in [2.45, 2.75) is 6.04 Å². The zero-order chi connectivity index (χ0) is 13.9. The summed E-state index contributed by atoms with van der Waals surface area (Å²) in [6, 6.07) is 8.93. The van der Waals surface area contributed by atoms with E-state index in [0.717, 1.165) is 10.9 Å². The molecule has 1 aromatic carbocycles. The van der Waals surface area contributed by atoms with Crippen LogP contribution in [0.15, 0.2) is 36.5 Å². The van der Waals surface area contributed by atoms with Gasteiger partial charge in [0.05, 0.1) is 17.0 Å². The van der Waals surface area contributed by atoms with Gasteiger partial charge in [-0.1, -0.05) is 18.2 Å². The van der Waals surface area contributed by atoms with Gasteiger partial charge in [-0.15, -0.1) is 11.8 Å². The van der Waals surface area contributed by atoms with Crippen molar-refractivity contribution in [1.29, 1.82) is 0 Å². The maximum atomic E-state index is 12.2. The summed E-state index contributed by atoms with van der Waals surface area (Å²) >= 11 is 1.47. The number of nitrogens with one attached hydrogen (secondary N) is 2. The Labute approximate surface area is 120 Å². The van der Waals surface area contributed by atoms with Crippen LogP contribution in [0.4, 0.5) is 5.69 Å². The zero-order valence-corrected chi connectivity index (χ0v) is 11.4. The third-order valence-electron chi connectivity index (χ3n) is 3.06. The average Bonchev–Trinajstić information content (AvgIpc) is 2.47. The van der Waals surface area contributed by atoms with Crippen LogP contribution in [-0.2, 0) is 9.59 Å². The Kier molecular flexibility index (Phi) is 3.56.